The van der Waals surface area contributed by atoms with Crippen molar-refractivity contribution in [2.24, 2.45) is 28.2 Å². The van der Waals surface area contributed by atoms with E-state index in [1.165, 1.54) is 201 Å². The van der Waals surface area contributed by atoms with Crippen molar-refractivity contribution < 1.29 is 18.3 Å². The Bertz CT molecular complexity index is 5830. The van der Waals surface area contributed by atoms with E-state index < -0.39 is 32.3 Å². The number of nitrogens with zero attached hydrogens (tertiary/aromatic N) is 4. The molecule has 0 unspecified atom stereocenters. The lowest BCUT2D eigenvalue weighted by molar-refractivity contribution is -0.659. The van der Waals surface area contributed by atoms with Gasteiger partial charge in [-0.3, -0.25) is 0 Å². The maximum atomic E-state index is 2.56. The number of benzene rings is 8. The molecule has 12 aromatic rings. The van der Waals surface area contributed by atoms with Crippen molar-refractivity contribution in [3.8, 4) is 45.0 Å². The van der Waals surface area contributed by atoms with Gasteiger partial charge >= 0.3 is 0 Å². The average Bonchev–Trinajstić information content (AvgIpc) is 0.964. The normalized spacial score (nSPS) is 15.1. The Hall–Kier alpha value is -7.73. The lowest BCUT2D eigenvalue weighted by Crippen LogP contribution is -2.41. The third-order valence-electron chi connectivity index (χ3n) is 29.2. The molecule has 0 bridgehead atoms. The highest BCUT2D eigenvalue weighted by Gasteiger charge is 2.45. The summed E-state index contributed by atoms with van der Waals surface area (Å²) in [7, 11) is 3.41. The molecule has 118 heavy (non-hydrogen) atoms. The fraction of sp³-hybridized carbons (Fsp3) is 0.455. The molecule has 0 saturated heterocycles. The van der Waals surface area contributed by atoms with Crippen molar-refractivity contribution in [2.75, 3.05) is 0 Å². The van der Waals surface area contributed by atoms with E-state index in [0.29, 0.717) is 17.8 Å². The zero-order valence-corrected chi connectivity index (χ0v) is 83.2. The largest absolute Gasteiger partial charge is 0.220 e. The highest BCUT2D eigenvalue weighted by molar-refractivity contribution is 6.93. The molecule has 0 radical (unpaired) electrons. The lowest BCUT2D eigenvalue weighted by Gasteiger charge is -2.28. The van der Waals surface area contributed by atoms with E-state index in [2.05, 4.69) is 414 Å². The number of hydrogen-bond donors (Lipinski definition) is 0. The molecule has 0 amide bonds. The Kier molecular flexibility index (Phi) is 24.6. The number of hydrogen-bond acceptors (Lipinski definition) is 0. The Labute approximate surface area is 718 Å². The van der Waals surface area contributed by atoms with Gasteiger partial charge in [0.1, 0.15) is 28.2 Å². The van der Waals surface area contributed by atoms with Crippen LogP contribution in [0.2, 0.25) is 74.5 Å². The first-order valence-corrected chi connectivity index (χ1v) is 57.7. The molecule has 0 spiro atoms. The monoisotopic (exact) mass is 1640 g/mol. The molecule has 0 N–H and O–H groups in total. The van der Waals surface area contributed by atoms with Crippen LogP contribution >= 0.6 is 0 Å². The van der Waals surface area contributed by atoms with Crippen LogP contribution in [0.25, 0.3) is 88.1 Å². The van der Waals surface area contributed by atoms with E-state index in [4.69, 9.17) is 0 Å². The quantitative estimate of drug-likeness (QED) is 0.0718. The van der Waals surface area contributed by atoms with Crippen LogP contribution in [0.15, 0.2) is 176 Å². The average molecular weight is 1640 g/mol. The van der Waals surface area contributed by atoms with Gasteiger partial charge in [0.2, 0.25) is 22.8 Å². The summed E-state index contributed by atoms with van der Waals surface area (Å²) in [5.41, 5.74) is 30.7. The lowest BCUT2D eigenvalue weighted by atomic mass is 9.76. The maximum Gasteiger partial charge on any atom is 0.220 e. The third kappa shape index (κ3) is 18.0. The van der Waals surface area contributed by atoms with E-state index in [1.807, 2.05) is 0 Å². The van der Waals surface area contributed by atoms with Crippen LogP contribution in [0.5, 0.6) is 0 Å². The standard InChI is InChI=1S/C30H42NSi.C28H38NSi.2C26H34NSi/c1-20-26(18-22(29(2,3)4)19-27(20)30(5,6)7)28-25-14-13-24(32(9,10)23-11-12-23)17-21(25)15-16-31(28)8;1-18(2)22-16-26(19(3)4)20(5)27(17-22)28-25-12-11-24(30(7,8)23-9-10-23)15-21(25)13-14-29(28)6;1-17(2)21-14-18(3)19(4)25(16-21)26-24-11-10-23(28(6,7)22-8-9-22)15-20(24)12-13-27(26)5;1-18-8-9-20(26(2,3)4)17-24(18)25-23-13-12-22(28(6,7)21-10-11-21)16-19(23)14-15-27(25)5/h13-19,23H,11-12H2,1-10H3;11-19,23H,9-10H2,1-8H3;10-17,22H,8-9H2,1-7H3;8-9,12-17,21H,10-11H2,1-7H3/q4*+1. The van der Waals surface area contributed by atoms with E-state index >= 15 is 0 Å². The second kappa shape index (κ2) is 32.9. The minimum absolute atomic E-state index is 0.107. The first kappa shape index (κ1) is 88.1. The molecule has 8 aromatic carbocycles. The molecule has 4 fully saturated rings. The van der Waals surface area contributed by atoms with Crippen molar-refractivity contribution in [2.45, 2.75) is 298 Å². The molecular formula is C110H148N4Si4+4. The van der Waals surface area contributed by atoms with Gasteiger partial charge in [0.25, 0.3) is 0 Å². The number of aryl methyl sites for hydroxylation is 6. The van der Waals surface area contributed by atoms with Gasteiger partial charge in [-0.25, -0.2) is 18.3 Å². The predicted octanol–water partition coefficient (Wildman–Crippen LogP) is 26.4. The van der Waals surface area contributed by atoms with Crippen LogP contribution in [0.1, 0.15) is 234 Å². The summed E-state index contributed by atoms with van der Waals surface area (Å²) in [6.45, 7) is 66.5. The van der Waals surface area contributed by atoms with E-state index in [1.54, 1.807) is 20.7 Å². The van der Waals surface area contributed by atoms with Crippen molar-refractivity contribution in [3.05, 3.63) is 238 Å². The zero-order chi connectivity index (χ0) is 85.9. The van der Waals surface area contributed by atoms with Gasteiger partial charge < -0.3 is 0 Å². The van der Waals surface area contributed by atoms with E-state index in [9.17, 15) is 0 Å². The molecule has 0 atom stereocenters. The van der Waals surface area contributed by atoms with Gasteiger partial charge in [0, 0.05) is 29.8 Å². The van der Waals surface area contributed by atoms with Gasteiger partial charge in [0.15, 0.2) is 24.8 Å². The Balaban J connectivity index is 0.000000137. The molecule has 4 heterocycles. The second-order valence-corrected chi connectivity index (χ2v) is 62.9. The minimum atomic E-state index is -1.36. The number of pyridine rings is 4. The summed E-state index contributed by atoms with van der Waals surface area (Å²) in [5, 5.41) is 17.5. The molecule has 4 aliphatic rings. The molecule has 8 heteroatoms. The highest BCUT2D eigenvalue weighted by atomic mass is 28.3. The Morgan fingerprint density at radius 2 is 0.593 bits per heavy atom. The summed E-state index contributed by atoms with van der Waals surface area (Å²) in [4.78, 5) is 0. The first-order chi connectivity index (χ1) is 55.1. The molecule has 4 saturated carbocycles. The zero-order valence-electron chi connectivity index (χ0n) is 79.2. The van der Waals surface area contributed by atoms with Crippen molar-refractivity contribution >= 4 is 96.1 Å². The van der Waals surface area contributed by atoms with Crippen LogP contribution in [-0.2, 0) is 44.4 Å². The smallest absolute Gasteiger partial charge is 0.200 e. The number of fused-ring (bicyclic) bond motifs is 4. The van der Waals surface area contributed by atoms with Crippen LogP contribution in [0.3, 0.4) is 0 Å². The van der Waals surface area contributed by atoms with Gasteiger partial charge in [0.05, 0.1) is 70.5 Å². The van der Waals surface area contributed by atoms with E-state index in [-0.39, 0.29) is 16.2 Å². The Morgan fingerprint density at radius 3 is 0.898 bits per heavy atom. The fourth-order valence-corrected chi connectivity index (χ4v) is 32.0. The van der Waals surface area contributed by atoms with Gasteiger partial charge in [-0.05, 0) is 222 Å². The summed E-state index contributed by atoms with van der Waals surface area (Å²) in [6, 6.07) is 60.1. The van der Waals surface area contributed by atoms with Gasteiger partial charge in [-0.2, -0.15) is 0 Å². The topological polar surface area (TPSA) is 15.5 Å². The van der Waals surface area contributed by atoms with Crippen molar-refractivity contribution in [1.82, 2.24) is 0 Å². The molecule has 16 rings (SSSR count). The highest BCUT2D eigenvalue weighted by Crippen LogP contribution is 2.50. The van der Waals surface area contributed by atoms with Gasteiger partial charge in [-0.15, -0.1) is 0 Å². The van der Waals surface area contributed by atoms with Crippen LogP contribution in [0, 0.1) is 34.6 Å². The summed E-state index contributed by atoms with van der Waals surface area (Å²) in [6.07, 6.45) is 20.5. The maximum absolute atomic E-state index is 2.56. The minimum Gasteiger partial charge on any atom is -0.200 e. The summed E-state index contributed by atoms with van der Waals surface area (Å²) >= 11 is 0. The summed E-state index contributed by atoms with van der Waals surface area (Å²) < 4.78 is 9.24. The molecule has 4 nitrogen and oxygen atoms in total. The van der Waals surface area contributed by atoms with E-state index in [0.717, 1.165) is 22.2 Å². The SMILES string of the molecule is Cc1c(-c2c3ccc([Si](C)(C)C4CC4)cc3cc[n+]2C)cc(C(C)(C)C)cc1C(C)(C)C.Cc1c(-c2c3ccc([Si](C)(C)C4CC4)cc3cc[n+]2C)cc(C(C)C)cc1C(C)C.Cc1cc(C(C)C)cc(-c2c3ccc([Si](C)(C)C4CC4)cc3cc[n+]2C)c1C.Cc1ccc(C(C)(C)C)cc1-c1c2ccc([Si](C)(C)C3CC3)cc2cc[n+]1C. The number of rotatable bonds is 15. The van der Waals surface area contributed by atoms with Crippen LogP contribution in [-0.4, -0.2) is 32.3 Å². The summed E-state index contributed by atoms with van der Waals surface area (Å²) in [5.74, 6) is 1.59. The third-order valence-corrected chi connectivity index (χ3v) is 46.9. The second-order valence-electron chi connectivity index (χ2n) is 43.5. The first-order valence-electron chi connectivity index (χ1n) is 45.4. The van der Waals surface area contributed by atoms with Gasteiger partial charge in [-0.1, -0.05) is 307 Å². The predicted molar refractivity (Wildman–Crippen MR) is 525 cm³/mol. The number of aromatic nitrogens is 4. The van der Waals surface area contributed by atoms with Crippen molar-refractivity contribution in [3.63, 3.8) is 0 Å². The van der Waals surface area contributed by atoms with Crippen molar-refractivity contribution in [1.29, 1.82) is 0 Å². The van der Waals surface area contributed by atoms with Crippen LogP contribution < -0.4 is 39.0 Å². The van der Waals surface area contributed by atoms with Crippen LogP contribution in [0.4, 0.5) is 0 Å². The fourth-order valence-electron chi connectivity index (χ4n) is 19.5. The Morgan fingerprint density at radius 1 is 0.288 bits per heavy atom. The molecule has 0 aliphatic heterocycles. The molecular weight excluding hydrogens is 1490 g/mol. The molecule has 4 aromatic heterocycles. The molecule has 4 aliphatic carbocycles. The molecule has 620 valence electrons.